The van der Waals surface area contributed by atoms with Gasteiger partial charge < -0.3 is 16.4 Å². The molecule has 0 bridgehead atoms. The highest BCUT2D eigenvalue weighted by atomic mass is 16.6. The normalized spacial score (nSPS) is 10.8. The Bertz CT molecular complexity index is 1630. The molecule has 0 radical (unpaired) electrons. The Morgan fingerprint density at radius 2 is 1.68 bits per heavy atom. The highest BCUT2D eigenvalue weighted by molar-refractivity contribution is 6.04. The molecular weight excluding hydrogens is 482 g/mol. The monoisotopic (exact) mass is 505 g/mol. The number of aromatic nitrogens is 3. The SMILES string of the molecule is Cc1cc(Cc2ccc(NC(=O)c3ccc(Nc4ccnc5ccc([N+](=O)[O-])cc45)cc3)cc2)nc(N)n1. The molecule has 0 spiro atoms. The minimum atomic E-state index is -0.438. The van der Waals surface area contributed by atoms with Crippen molar-refractivity contribution in [2.45, 2.75) is 13.3 Å². The fraction of sp³-hybridized carbons (Fsp3) is 0.0714. The lowest BCUT2D eigenvalue weighted by molar-refractivity contribution is -0.384. The molecule has 0 fully saturated rings. The molecule has 3 aromatic carbocycles. The Morgan fingerprint density at radius 3 is 2.39 bits per heavy atom. The van der Waals surface area contributed by atoms with Gasteiger partial charge in [0.05, 0.1) is 16.1 Å². The third-order valence-electron chi connectivity index (χ3n) is 5.88. The number of nitro benzene ring substituents is 1. The molecule has 0 aliphatic rings. The first-order valence-electron chi connectivity index (χ1n) is 11.7. The van der Waals surface area contributed by atoms with Gasteiger partial charge in [-0.25, -0.2) is 9.97 Å². The minimum Gasteiger partial charge on any atom is -0.368 e. The summed E-state index contributed by atoms with van der Waals surface area (Å²) in [5.74, 6) is 0.0108. The smallest absolute Gasteiger partial charge is 0.270 e. The van der Waals surface area contributed by atoms with Crippen molar-refractivity contribution in [1.82, 2.24) is 15.0 Å². The molecule has 0 aliphatic carbocycles. The van der Waals surface area contributed by atoms with Crippen molar-refractivity contribution >= 4 is 45.5 Å². The van der Waals surface area contributed by atoms with E-state index in [1.54, 1.807) is 42.6 Å². The molecule has 5 rings (SSSR count). The number of nitrogens with two attached hydrogens (primary N) is 1. The maximum absolute atomic E-state index is 12.8. The number of hydrogen-bond acceptors (Lipinski definition) is 8. The second-order valence-electron chi connectivity index (χ2n) is 8.71. The van der Waals surface area contributed by atoms with Crippen LogP contribution in [0.2, 0.25) is 0 Å². The van der Waals surface area contributed by atoms with Crippen LogP contribution < -0.4 is 16.4 Å². The summed E-state index contributed by atoms with van der Waals surface area (Å²) in [5, 5.41) is 18.0. The number of nitrogen functional groups attached to an aromatic ring is 1. The van der Waals surface area contributed by atoms with E-state index in [0.717, 1.165) is 22.6 Å². The number of anilines is 4. The number of hydrogen-bond donors (Lipinski definition) is 3. The van der Waals surface area contributed by atoms with Crippen LogP contribution in [0, 0.1) is 17.0 Å². The maximum Gasteiger partial charge on any atom is 0.270 e. The topological polar surface area (TPSA) is 149 Å². The van der Waals surface area contributed by atoms with Crippen LogP contribution in [0.15, 0.2) is 85.1 Å². The molecule has 188 valence electrons. The van der Waals surface area contributed by atoms with E-state index >= 15 is 0 Å². The van der Waals surface area contributed by atoms with E-state index in [-0.39, 0.29) is 17.5 Å². The molecule has 0 atom stereocenters. The second-order valence-corrected chi connectivity index (χ2v) is 8.71. The molecule has 10 nitrogen and oxygen atoms in total. The van der Waals surface area contributed by atoms with Gasteiger partial charge in [0, 0.05) is 58.5 Å². The number of fused-ring (bicyclic) bond motifs is 1. The van der Waals surface area contributed by atoms with Gasteiger partial charge in [-0.15, -0.1) is 0 Å². The quantitative estimate of drug-likeness (QED) is 0.196. The first-order chi connectivity index (χ1) is 18.3. The lowest BCUT2D eigenvalue weighted by Crippen LogP contribution is -2.11. The molecular formula is C28H23N7O3. The molecule has 1 amide bonds. The van der Waals surface area contributed by atoms with Crippen molar-refractivity contribution in [3.63, 3.8) is 0 Å². The maximum atomic E-state index is 12.8. The Kier molecular flexibility index (Phi) is 6.60. The number of pyridine rings is 1. The number of amides is 1. The van der Waals surface area contributed by atoms with Crippen molar-refractivity contribution in [2.75, 3.05) is 16.4 Å². The zero-order valence-corrected chi connectivity index (χ0v) is 20.4. The third kappa shape index (κ3) is 5.54. The fourth-order valence-corrected chi connectivity index (χ4v) is 4.08. The molecule has 0 aliphatic heterocycles. The van der Waals surface area contributed by atoms with E-state index in [2.05, 4.69) is 25.6 Å². The second kappa shape index (κ2) is 10.3. The molecule has 10 heteroatoms. The summed E-state index contributed by atoms with van der Waals surface area (Å²) >= 11 is 0. The van der Waals surface area contributed by atoms with Gasteiger partial charge in [0.25, 0.3) is 11.6 Å². The summed E-state index contributed by atoms with van der Waals surface area (Å²) in [4.78, 5) is 36.1. The lowest BCUT2D eigenvalue weighted by atomic mass is 10.1. The number of rotatable bonds is 7. The van der Waals surface area contributed by atoms with Crippen molar-refractivity contribution < 1.29 is 9.72 Å². The molecule has 4 N–H and O–H groups in total. The molecule has 38 heavy (non-hydrogen) atoms. The van der Waals surface area contributed by atoms with Gasteiger partial charge in [-0.2, -0.15) is 0 Å². The summed E-state index contributed by atoms with van der Waals surface area (Å²) in [6, 6.07) is 22.7. The van der Waals surface area contributed by atoms with Crippen LogP contribution in [0.1, 0.15) is 27.3 Å². The van der Waals surface area contributed by atoms with Gasteiger partial charge in [-0.3, -0.25) is 19.9 Å². The summed E-state index contributed by atoms with van der Waals surface area (Å²) in [6.07, 6.45) is 2.24. The summed E-state index contributed by atoms with van der Waals surface area (Å²) in [7, 11) is 0. The number of benzene rings is 3. The van der Waals surface area contributed by atoms with E-state index < -0.39 is 4.92 Å². The molecule has 2 heterocycles. The molecule has 0 saturated heterocycles. The average Bonchev–Trinajstić information content (AvgIpc) is 2.89. The Morgan fingerprint density at radius 1 is 0.947 bits per heavy atom. The van der Waals surface area contributed by atoms with Crippen LogP contribution in [0.4, 0.5) is 28.7 Å². The number of nitrogens with zero attached hydrogens (tertiary/aromatic N) is 4. The standard InChI is InChI=1S/C28H23N7O3/c1-17-14-22(34-28(29)31-17)15-18-2-6-21(7-3-18)33-27(36)19-4-8-20(9-5-19)32-26-12-13-30-25-11-10-23(35(37)38)16-24(25)26/h2-14,16H,15H2,1H3,(H,30,32)(H,33,36)(H2,29,31,34). The first kappa shape index (κ1) is 24.3. The predicted molar refractivity (Wildman–Crippen MR) is 147 cm³/mol. The first-order valence-corrected chi connectivity index (χ1v) is 11.7. The van der Waals surface area contributed by atoms with Crippen LogP contribution in [0.25, 0.3) is 10.9 Å². The summed E-state index contributed by atoms with van der Waals surface area (Å²) in [5.41, 5.74) is 11.6. The van der Waals surface area contributed by atoms with E-state index in [4.69, 9.17) is 5.73 Å². The predicted octanol–water partition coefficient (Wildman–Crippen LogP) is 5.41. The molecule has 2 aromatic heterocycles. The van der Waals surface area contributed by atoms with Gasteiger partial charge in [-0.05, 0) is 67.1 Å². The number of non-ortho nitro benzene ring substituents is 1. The number of carbonyl (C=O) groups excluding carboxylic acids is 1. The summed E-state index contributed by atoms with van der Waals surface area (Å²) < 4.78 is 0. The summed E-state index contributed by atoms with van der Waals surface area (Å²) in [6.45, 7) is 1.87. The van der Waals surface area contributed by atoms with Gasteiger partial charge in [0.15, 0.2) is 0 Å². The fourth-order valence-electron chi connectivity index (χ4n) is 4.08. The number of nitrogens with one attached hydrogen (secondary N) is 2. The largest absolute Gasteiger partial charge is 0.368 e. The number of aryl methyl sites for hydroxylation is 1. The Hall–Kier alpha value is -5.38. The minimum absolute atomic E-state index is 0.0116. The van der Waals surface area contributed by atoms with E-state index in [1.165, 1.54) is 12.1 Å². The van der Waals surface area contributed by atoms with Gasteiger partial charge in [0.1, 0.15) is 0 Å². The zero-order chi connectivity index (χ0) is 26.6. The van der Waals surface area contributed by atoms with Crippen molar-refractivity contribution in [1.29, 1.82) is 0 Å². The van der Waals surface area contributed by atoms with Gasteiger partial charge >= 0.3 is 0 Å². The number of carbonyl (C=O) groups is 1. The van der Waals surface area contributed by atoms with E-state index in [1.807, 2.05) is 37.3 Å². The van der Waals surface area contributed by atoms with Crippen LogP contribution in [0.5, 0.6) is 0 Å². The number of nitro groups is 1. The average molecular weight is 506 g/mol. The third-order valence-corrected chi connectivity index (χ3v) is 5.88. The van der Waals surface area contributed by atoms with Crippen LogP contribution in [-0.2, 0) is 6.42 Å². The highest BCUT2D eigenvalue weighted by Crippen LogP contribution is 2.28. The van der Waals surface area contributed by atoms with Gasteiger partial charge in [0.2, 0.25) is 5.95 Å². The van der Waals surface area contributed by atoms with Crippen LogP contribution in [0.3, 0.4) is 0 Å². The van der Waals surface area contributed by atoms with Gasteiger partial charge in [-0.1, -0.05) is 12.1 Å². The van der Waals surface area contributed by atoms with Crippen molar-refractivity contribution in [3.05, 3.63) is 118 Å². The Labute approximate surface area is 217 Å². The Balaban J connectivity index is 1.25. The van der Waals surface area contributed by atoms with E-state index in [9.17, 15) is 14.9 Å². The van der Waals surface area contributed by atoms with Crippen molar-refractivity contribution in [2.24, 2.45) is 0 Å². The van der Waals surface area contributed by atoms with E-state index in [0.29, 0.717) is 34.3 Å². The van der Waals surface area contributed by atoms with Crippen LogP contribution in [-0.4, -0.2) is 25.8 Å². The molecule has 5 aromatic rings. The highest BCUT2D eigenvalue weighted by Gasteiger charge is 2.11. The van der Waals surface area contributed by atoms with Crippen molar-refractivity contribution in [3.8, 4) is 0 Å². The zero-order valence-electron chi connectivity index (χ0n) is 20.4. The molecule has 0 unspecified atom stereocenters. The lowest BCUT2D eigenvalue weighted by Gasteiger charge is -2.11. The molecule has 0 saturated carbocycles. The van der Waals surface area contributed by atoms with Crippen LogP contribution >= 0.6 is 0 Å².